The topological polar surface area (TPSA) is 69.4 Å². The van der Waals surface area contributed by atoms with E-state index in [9.17, 15) is 9.59 Å². The number of ether oxygens (including phenoxy) is 1. The smallest absolute Gasteiger partial charge is 0.328 e. The molecular formula is C23H24N4O3S. The van der Waals surface area contributed by atoms with Crippen molar-refractivity contribution in [2.24, 2.45) is 7.05 Å². The van der Waals surface area contributed by atoms with E-state index in [1.807, 2.05) is 48.5 Å². The lowest BCUT2D eigenvalue weighted by atomic mass is 10.2. The number of nitrogens with zero attached hydrogens (tertiary/aromatic N) is 4. The van der Waals surface area contributed by atoms with Gasteiger partial charge in [-0.15, -0.1) is 0 Å². The number of anilines is 1. The minimum atomic E-state index is -0.111. The summed E-state index contributed by atoms with van der Waals surface area (Å²) in [5.41, 5.74) is 2.48. The van der Waals surface area contributed by atoms with Crippen LogP contribution in [0.2, 0.25) is 0 Å². The molecule has 0 saturated carbocycles. The molecular weight excluding hydrogens is 412 g/mol. The average molecular weight is 437 g/mol. The lowest BCUT2D eigenvalue weighted by Gasteiger charge is -2.23. The second kappa shape index (κ2) is 8.28. The van der Waals surface area contributed by atoms with Crippen molar-refractivity contribution < 1.29 is 9.53 Å². The second-order valence-corrected chi connectivity index (χ2v) is 8.84. The highest BCUT2D eigenvalue weighted by molar-refractivity contribution is 7.22. The molecule has 7 nitrogen and oxygen atoms in total. The largest absolute Gasteiger partial charge is 0.376 e. The van der Waals surface area contributed by atoms with Gasteiger partial charge in [-0.05, 0) is 37.1 Å². The number of benzene rings is 2. The Hall–Kier alpha value is -2.97. The fourth-order valence-corrected chi connectivity index (χ4v) is 5.17. The summed E-state index contributed by atoms with van der Waals surface area (Å²) in [5, 5.41) is 0.687. The Morgan fingerprint density at radius 2 is 1.97 bits per heavy atom. The van der Waals surface area contributed by atoms with Gasteiger partial charge in [0.15, 0.2) is 5.13 Å². The molecule has 160 valence electrons. The summed E-state index contributed by atoms with van der Waals surface area (Å²) in [6.45, 7) is 1.55. The van der Waals surface area contributed by atoms with Crippen molar-refractivity contribution in [3.8, 4) is 0 Å². The van der Waals surface area contributed by atoms with Crippen molar-refractivity contribution in [3.05, 3.63) is 59.0 Å². The van der Waals surface area contributed by atoms with E-state index in [0.29, 0.717) is 18.2 Å². The van der Waals surface area contributed by atoms with Gasteiger partial charge in [0.2, 0.25) is 5.91 Å². The summed E-state index contributed by atoms with van der Waals surface area (Å²) in [7, 11) is 1.76. The third-order valence-electron chi connectivity index (χ3n) is 5.83. The van der Waals surface area contributed by atoms with Crippen LogP contribution in [-0.4, -0.2) is 39.3 Å². The van der Waals surface area contributed by atoms with Crippen LogP contribution in [0.3, 0.4) is 0 Å². The summed E-state index contributed by atoms with van der Waals surface area (Å²) < 4.78 is 10.1. The lowest BCUT2D eigenvalue weighted by molar-refractivity contribution is -0.119. The average Bonchev–Trinajstić information content (AvgIpc) is 3.50. The molecule has 3 heterocycles. The van der Waals surface area contributed by atoms with E-state index in [4.69, 9.17) is 9.72 Å². The molecule has 0 radical (unpaired) electrons. The van der Waals surface area contributed by atoms with Crippen LogP contribution >= 0.6 is 11.3 Å². The van der Waals surface area contributed by atoms with Gasteiger partial charge < -0.3 is 4.74 Å². The Kier molecular flexibility index (Phi) is 5.33. The van der Waals surface area contributed by atoms with Crippen molar-refractivity contribution in [2.45, 2.75) is 31.9 Å². The van der Waals surface area contributed by atoms with E-state index in [1.165, 1.54) is 11.3 Å². The van der Waals surface area contributed by atoms with Crippen molar-refractivity contribution in [1.82, 2.24) is 14.1 Å². The zero-order valence-corrected chi connectivity index (χ0v) is 18.2. The molecule has 0 spiro atoms. The Labute approximate surface area is 183 Å². The maximum atomic E-state index is 13.4. The molecule has 8 heteroatoms. The first-order valence-corrected chi connectivity index (χ1v) is 11.4. The number of amides is 1. The van der Waals surface area contributed by atoms with Gasteiger partial charge in [0.25, 0.3) is 0 Å². The lowest BCUT2D eigenvalue weighted by Crippen LogP contribution is -2.38. The van der Waals surface area contributed by atoms with E-state index in [2.05, 4.69) is 0 Å². The molecule has 1 atom stereocenters. The van der Waals surface area contributed by atoms with Crippen LogP contribution in [0.4, 0.5) is 5.13 Å². The highest BCUT2D eigenvalue weighted by atomic mass is 32.1. The summed E-state index contributed by atoms with van der Waals surface area (Å²) in [4.78, 5) is 32.5. The SMILES string of the molecule is Cn1c(=O)n(CCC(=O)N(C[C@@H]2CCCO2)c2nc3ccccc3s2)c2ccccc21. The maximum absolute atomic E-state index is 13.4. The number of hydrogen-bond acceptors (Lipinski definition) is 5. The number of para-hydroxylation sites is 3. The first kappa shape index (κ1) is 20.0. The molecule has 31 heavy (non-hydrogen) atoms. The summed E-state index contributed by atoms with van der Waals surface area (Å²) in [6, 6.07) is 15.5. The molecule has 0 N–H and O–H groups in total. The first-order chi connectivity index (χ1) is 15.1. The number of rotatable bonds is 6. The van der Waals surface area contributed by atoms with Crippen LogP contribution in [0.25, 0.3) is 21.3 Å². The molecule has 4 aromatic rings. The van der Waals surface area contributed by atoms with E-state index < -0.39 is 0 Å². The first-order valence-electron chi connectivity index (χ1n) is 10.5. The van der Waals surface area contributed by atoms with Crippen LogP contribution in [-0.2, 0) is 23.1 Å². The van der Waals surface area contributed by atoms with Crippen LogP contribution in [0.15, 0.2) is 53.3 Å². The molecule has 1 aliphatic rings. The number of aryl methyl sites for hydroxylation is 2. The van der Waals surface area contributed by atoms with Crippen molar-refractivity contribution in [1.29, 1.82) is 0 Å². The molecule has 1 saturated heterocycles. The fourth-order valence-electron chi connectivity index (χ4n) is 4.18. The molecule has 2 aromatic carbocycles. The Bertz CT molecular complexity index is 1270. The number of carbonyl (C=O) groups is 1. The van der Waals surface area contributed by atoms with Crippen LogP contribution in [0.5, 0.6) is 0 Å². The van der Waals surface area contributed by atoms with Gasteiger partial charge in [-0.25, -0.2) is 9.78 Å². The standard InChI is InChI=1S/C23H24N4O3S/c1-25-18-9-3-4-10-19(18)26(23(25)29)13-12-21(28)27(15-16-7-6-14-30-16)22-24-17-8-2-5-11-20(17)31-22/h2-5,8-11,16H,6-7,12-15H2,1H3/t16-/m0/s1. The second-order valence-electron chi connectivity index (χ2n) is 7.84. The van der Waals surface area contributed by atoms with Gasteiger partial charge in [0.05, 0.1) is 33.9 Å². The normalized spacial score (nSPS) is 16.4. The Morgan fingerprint density at radius 1 is 1.19 bits per heavy atom. The summed E-state index contributed by atoms with van der Waals surface area (Å²) in [5.74, 6) is -0.0469. The highest BCUT2D eigenvalue weighted by Gasteiger charge is 2.26. The molecule has 0 bridgehead atoms. The maximum Gasteiger partial charge on any atom is 0.328 e. The number of thiazole rings is 1. The van der Waals surface area contributed by atoms with Gasteiger partial charge in [-0.3, -0.25) is 18.8 Å². The minimum absolute atomic E-state index is 0.0243. The van der Waals surface area contributed by atoms with Crippen LogP contribution in [0.1, 0.15) is 19.3 Å². The fraction of sp³-hybridized carbons (Fsp3) is 0.348. The Balaban J connectivity index is 1.42. The van der Waals surface area contributed by atoms with Crippen LogP contribution in [0, 0.1) is 0 Å². The molecule has 1 fully saturated rings. The number of aromatic nitrogens is 3. The summed E-state index contributed by atoms with van der Waals surface area (Å²) in [6.07, 6.45) is 2.20. The van der Waals surface area contributed by atoms with Gasteiger partial charge in [-0.2, -0.15) is 0 Å². The van der Waals surface area contributed by atoms with Gasteiger partial charge in [-0.1, -0.05) is 35.6 Å². The van der Waals surface area contributed by atoms with E-state index in [1.54, 1.807) is 21.1 Å². The van der Waals surface area contributed by atoms with Crippen molar-refractivity contribution in [2.75, 3.05) is 18.1 Å². The molecule has 1 aliphatic heterocycles. The monoisotopic (exact) mass is 436 g/mol. The number of imidazole rings is 1. The molecule has 0 aliphatic carbocycles. The minimum Gasteiger partial charge on any atom is -0.376 e. The third-order valence-corrected chi connectivity index (χ3v) is 6.89. The third kappa shape index (κ3) is 3.77. The Morgan fingerprint density at radius 3 is 2.74 bits per heavy atom. The zero-order valence-electron chi connectivity index (χ0n) is 17.4. The van der Waals surface area contributed by atoms with E-state index in [-0.39, 0.29) is 24.1 Å². The van der Waals surface area contributed by atoms with Crippen molar-refractivity contribution >= 4 is 43.6 Å². The predicted octanol–water partition coefficient (Wildman–Crippen LogP) is 3.55. The highest BCUT2D eigenvalue weighted by Crippen LogP contribution is 2.30. The number of hydrogen-bond donors (Lipinski definition) is 0. The van der Waals surface area contributed by atoms with Gasteiger partial charge in [0, 0.05) is 26.6 Å². The van der Waals surface area contributed by atoms with E-state index in [0.717, 1.165) is 40.7 Å². The van der Waals surface area contributed by atoms with Crippen LogP contribution < -0.4 is 10.6 Å². The number of fused-ring (bicyclic) bond motifs is 2. The van der Waals surface area contributed by atoms with Gasteiger partial charge >= 0.3 is 5.69 Å². The zero-order chi connectivity index (χ0) is 21.4. The molecule has 5 rings (SSSR count). The summed E-state index contributed by atoms with van der Waals surface area (Å²) >= 11 is 1.51. The quantitative estimate of drug-likeness (QED) is 0.464. The molecule has 2 aromatic heterocycles. The van der Waals surface area contributed by atoms with Gasteiger partial charge in [0.1, 0.15) is 0 Å². The molecule has 1 amide bonds. The predicted molar refractivity (Wildman–Crippen MR) is 123 cm³/mol. The number of carbonyl (C=O) groups excluding carboxylic acids is 1. The molecule has 0 unspecified atom stereocenters. The van der Waals surface area contributed by atoms with Crippen molar-refractivity contribution in [3.63, 3.8) is 0 Å². The van der Waals surface area contributed by atoms with E-state index >= 15 is 0 Å².